The minimum Gasteiger partial charge on any atom is -0.467 e. The highest BCUT2D eigenvalue weighted by Gasteiger charge is 2.23. The summed E-state index contributed by atoms with van der Waals surface area (Å²) in [5.74, 6) is 0.635. The molecule has 2 atom stereocenters. The summed E-state index contributed by atoms with van der Waals surface area (Å²) in [5.41, 5.74) is 7.56. The van der Waals surface area contributed by atoms with E-state index in [-0.39, 0.29) is 30.9 Å². The van der Waals surface area contributed by atoms with Crippen LogP contribution in [-0.4, -0.2) is 61.1 Å². The quantitative estimate of drug-likeness (QED) is 0.410. The number of nitrogens with one attached hydrogen (secondary N) is 1. The van der Waals surface area contributed by atoms with Gasteiger partial charge in [0.05, 0.1) is 13.7 Å². The van der Waals surface area contributed by atoms with Crippen LogP contribution in [0.2, 0.25) is 0 Å². The lowest BCUT2D eigenvalue weighted by molar-refractivity contribution is -0.145. The molecule has 2 rings (SSSR count). The molecule has 0 saturated heterocycles. The number of hydrogen-bond donors (Lipinski definition) is 2. The zero-order chi connectivity index (χ0) is 23.5. The van der Waals surface area contributed by atoms with Gasteiger partial charge in [-0.1, -0.05) is 56.3 Å². The Kier molecular flexibility index (Phi) is 13.4. The van der Waals surface area contributed by atoms with Gasteiger partial charge in [0.2, 0.25) is 5.91 Å². The predicted molar refractivity (Wildman–Crippen MR) is 141 cm³/mol. The number of rotatable bonds is 13. The number of amides is 1. The van der Waals surface area contributed by atoms with E-state index in [1.807, 2.05) is 24.5 Å². The Hall–Kier alpha value is -1.80. The number of hydrogen-bond acceptors (Lipinski definition) is 6. The maximum Gasteiger partial charge on any atom is 0.328 e. The van der Waals surface area contributed by atoms with Crippen LogP contribution in [-0.2, 0) is 20.9 Å². The Balaban J connectivity index is 0.00000544. The lowest BCUT2D eigenvalue weighted by Crippen LogP contribution is -2.48. The highest BCUT2D eigenvalue weighted by atomic mass is 35.5. The highest BCUT2D eigenvalue weighted by Crippen LogP contribution is 2.20. The molecule has 1 amide bonds. The Labute approximate surface area is 208 Å². The molecule has 0 aromatic heterocycles. The molecule has 0 aliphatic carbocycles. The third-order valence-electron chi connectivity index (χ3n) is 5.34. The van der Waals surface area contributed by atoms with E-state index in [9.17, 15) is 9.59 Å². The number of nitrogens with zero attached hydrogens (tertiary/aromatic N) is 1. The Bertz CT molecular complexity index is 876. The molecule has 2 aromatic rings. The van der Waals surface area contributed by atoms with Gasteiger partial charge in [-0.2, -0.15) is 11.8 Å². The monoisotopic (exact) mass is 495 g/mol. The number of carbonyl (C=O) groups is 2. The molecule has 184 valence electrons. The molecule has 3 N–H and O–H groups in total. The fourth-order valence-electron chi connectivity index (χ4n) is 3.94. The summed E-state index contributed by atoms with van der Waals surface area (Å²) < 4.78 is 4.87. The van der Waals surface area contributed by atoms with Crippen molar-refractivity contribution in [3.8, 4) is 0 Å². The molecule has 8 heteroatoms. The summed E-state index contributed by atoms with van der Waals surface area (Å²) in [6.45, 7) is 5.67. The van der Waals surface area contributed by atoms with Gasteiger partial charge in [0.1, 0.15) is 6.04 Å². The molecule has 33 heavy (non-hydrogen) atoms. The second kappa shape index (κ2) is 15.2. The van der Waals surface area contributed by atoms with E-state index in [4.69, 9.17) is 10.5 Å². The molecule has 2 aromatic carbocycles. The number of esters is 1. The van der Waals surface area contributed by atoms with Crippen LogP contribution in [0.4, 0.5) is 0 Å². The molecule has 0 aliphatic heterocycles. The van der Waals surface area contributed by atoms with Crippen molar-refractivity contribution in [3.05, 3.63) is 48.0 Å². The maximum absolute atomic E-state index is 12.9. The van der Waals surface area contributed by atoms with Gasteiger partial charge < -0.3 is 15.8 Å². The molecule has 0 radical (unpaired) electrons. The summed E-state index contributed by atoms with van der Waals surface area (Å²) in [5, 5.41) is 5.20. The van der Waals surface area contributed by atoms with Gasteiger partial charge >= 0.3 is 5.97 Å². The second-order valence-corrected chi connectivity index (χ2v) is 9.61. The van der Waals surface area contributed by atoms with Crippen LogP contribution in [0.1, 0.15) is 32.3 Å². The summed E-state index contributed by atoms with van der Waals surface area (Å²) in [4.78, 5) is 27.1. The molecule has 0 aliphatic rings. The third-order valence-corrected chi connectivity index (χ3v) is 5.98. The largest absolute Gasteiger partial charge is 0.467 e. The Morgan fingerprint density at radius 2 is 1.85 bits per heavy atom. The number of benzene rings is 2. The molecular formula is C25H38ClN3O3S. The molecule has 0 heterocycles. The standard InChI is InChI=1S/C25H37N3O3S.ClH/c1-18(2)14-21(26)16-28(15-20-10-7-9-19-8-5-6-11-22(19)20)17-24(29)27-23(12-13-32-4)25(30)31-3;/h5-11,18,21,23H,12-17,26H2,1-4H3,(H,27,29);1H/t21-,23-;/m0./s1. The van der Waals surface area contributed by atoms with Crippen LogP contribution in [0.5, 0.6) is 0 Å². The number of thioether (sulfide) groups is 1. The molecule has 0 unspecified atom stereocenters. The second-order valence-electron chi connectivity index (χ2n) is 8.62. The fourth-order valence-corrected chi connectivity index (χ4v) is 4.41. The van der Waals surface area contributed by atoms with E-state index in [0.717, 1.165) is 17.7 Å². The summed E-state index contributed by atoms with van der Waals surface area (Å²) >= 11 is 1.63. The number of methoxy groups -OCH3 is 1. The molecule has 0 bridgehead atoms. The van der Waals surface area contributed by atoms with Gasteiger partial charge in [0, 0.05) is 19.1 Å². The van der Waals surface area contributed by atoms with Crippen LogP contribution < -0.4 is 11.1 Å². The van der Waals surface area contributed by atoms with Gasteiger partial charge in [-0.3, -0.25) is 9.69 Å². The first-order valence-electron chi connectivity index (χ1n) is 11.1. The van der Waals surface area contributed by atoms with Crippen molar-refractivity contribution in [1.29, 1.82) is 0 Å². The van der Waals surface area contributed by atoms with Crippen molar-refractivity contribution in [1.82, 2.24) is 10.2 Å². The van der Waals surface area contributed by atoms with Crippen molar-refractivity contribution < 1.29 is 14.3 Å². The van der Waals surface area contributed by atoms with Crippen molar-refractivity contribution in [2.45, 2.75) is 45.3 Å². The van der Waals surface area contributed by atoms with Crippen molar-refractivity contribution in [2.75, 3.05) is 32.2 Å². The minimum atomic E-state index is -0.635. The number of fused-ring (bicyclic) bond motifs is 1. The molecular weight excluding hydrogens is 458 g/mol. The van der Waals surface area contributed by atoms with Gasteiger partial charge in [0.15, 0.2) is 0 Å². The van der Waals surface area contributed by atoms with Crippen molar-refractivity contribution in [3.63, 3.8) is 0 Å². The van der Waals surface area contributed by atoms with Crippen LogP contribution in [0, 0.1) is 5.92 Å². The molecule has 0 fully saturated rings. The average Bonchev–Trinajstić information content (AvgIpc) is 2.75. The first-order valence-corrected chi connectivity index (χ1v) is 12.5. The zero-order valence-corrected chi connectivity index (χ0v) is 21.7. The summed E-state index contributed by atoms with van der Waals surface area (Å²) in [7, 11) is 1.35. The van der Waals surface area contributed by atoms with E-state index < -0.39 is 12.0 Å². The first kappa shape index (κ1) is 29.2. The van der Waals surface area contributed by atoms with Gasteiger partial charge in [0.25, 0.3) is 0 Å². The van der Waals surface area contributed by atoms with Gasteiger partial charge in [-0.05, 0) is 47.1 Å². The Morgan fingerprint density at radius 3 is 2.52 bits per heavy atom. The number of halogens is 1. The highest BCUT2D eigenvalue weighted by molar-refractivity contribution is 7.98. The van der Waals surface area contributed by atoms with E-state index in [0.29, 0.717) is 25.4 Å². The predicted octanol–water partition coefficient (Wildman–Crippen LogP) is 3.85. The van der Waals surface area contributed by atoms with Gasteiger partial charge in [-0.25, -0.2) is 4.79 Å². The lowest BCUT2D eigenvalue weighted by atomic mass is 10.0. The van der Waals surface area contributed by atoms with E-state index in [1.54, 1.807) is 11.8 Å². The van der Waals surface area contributed by atoms with Crippen molar-refractivity contribution >= 4 is 46.8 Å². The number of ether oxygens (including phenoxy) is 1. The molecule has 6 nitrogen and oxygen atoms in total. The number of carbonyl (C=O) groups excluding carboxylic acids is 2. The van der Waals surface area contributed by atoms with Crippen LogP contribution in [0.25, 0.3) is 10.8 Å². The summed E-state index contributed by atoms with van der Waals surface area (Å²) in [6.07, 6.45) is 3.39. The van der Waals surface area contributed by atoms with Crippen LogP contribution in [0.15, 0.2) is 42.5 Å². The normalized spacial score (nSPS) is 12.9. The minimum absolute atomic E-state index is 0. The lowest BCUT2D eigenvalue weighted by Gasteiger charge is -2.27. The van der Waals surface area contributed by atoms with Gasteiger partial charge in [-0.15, -0.1) is 12.4 Å². The van der Waals surface area contributed by atoms with E-state index >= 15 is 0 Å². The SMILES string of the molecule is COC(=O)[C@H](CCSC)NC(=O)CN(Cc1cccc2ccccc12)C[C@@H](N)CC(C)C.Cl. The smallest absolute Gasteiger partial charge is 0.328 e. The summed E-state index contributed by atoms with van der Waals surface area (Å²) in [6, 6.07) is 13.8. The maximum atomic E-state index is 12.9. The molecule has 0 spiro atoms. The topological polar surface area (TPSA) is 84.7 Å². The van der Waals surface area contributed by atoms with Crippen LogP contribution in [0.3, 0.4) is 0 Å². The number of nitrogens with two attached hydrogens (primary N) is 1. The fraction of sp³-hybridized carbons (Fsp3) is 0.520. The molecule has 0 saturated carbocycles. The zero-order valence-electron chi connectivity index (χ0n) is 20.1. The van der Waals surface area contributed by atoms with Crippen molar-refractivity contribution in [2.24, 2.45) is 11.7 Å². The van der Waals surface area contributed by atoms with E-state index in [1.165, 1.54) is 17.9 Å². The first-order chi connectivity index (χ1) is 15.3. The third kappa shape index (κ3) is 9.92. The Morgan fingerprint density at radius 1 is 1.15 bits per heavy atom. The van der Waals surface area contributed by atoms with Crippen LogP contribution >= 0.6 is 24.2 Å². The van der Waals surface area contributed by atoms with E-state index in [2.05, 4.69) is 48.3 Å². The average molecular weight is 496 g/mol.